The lowest BCUT2D eigenvalue weighted by Gasteiger charge is -2.24. The van der Waals surface area contributed by atoms with E-state index >= 15 is 0 Å². The summed E-state index contributed by atoms with van der Waals surface area (Å²) < 4.78 is 0. The first-order chi connectivity index (χ1) is 9.17. The van der Waals surface area contributed by atoms with Crippen molar-refractivity contribution in [2.45, 2.75) is 26.3 Å². The van der Waals surface area contributed by atoms with Gasteiger partial charge in [-0.25, -0.2) is 0 Å². The molecule has 0 radical (unpaired) electrons. The number of hydrogen-bond acceptors (Lipinski definition) is 3. The Labute approximate surface area is 118 Å². The average Bonchev–Trinajstić information content (AvgIpc) is 2.38. The van der Waals surface area contributed by atoms with Gasteiger partial charge in [-0.2, -0.15) is 0 Å². The molecular formula is C16H29N3. The first-order valence-electron chi connectivity index (χ1n) is 7.31. The molecule has 1 rings (SSSR count). The molecular weight excluding hydrogens is 234 g/mol. The van der Waals surface area contributed by atoms with Gasteiger partial charge in [0.25, 0.3) is 0 Å². The van der Waals surface area contributed by atoms with E-state index in [-0.39, 0.29) is 0 Å². The van der Waals surface area contributed by atoms with E-state index in [0.717, 1.165) is 39.1 Å². The van der Waals surface area contributed by atoms with Crippen LogP contribution in [0.4, 0.5) is 0 Å². The summed E-state index contributed by atoms with van der Waals surface area (Å²) in [6, 6.07) is 8.69. The second-order valence-electron chi connectivity index (χ2n) is 5.39. The highest BCUT2D eigenvalue weighted by Crippen LogP contribution is 2.12. The van der Waals surface area contributed by atoms with Crippen LogP contribution in [0.2, 0.25) is 0 Å². The highest BCUT2D eigenvalue weighted by Gasteiger charge is 2.08. The minimum Gasteiger partial charge on any atom is -0.330 e. The van der Waals surface area contributed by atoms with E-state index in [0.29, 0.717) is 0 Å². The van der Waals surface area contributed by atoms with E-state index < -0.39 is 0 Å². The van der Waals surface area contributed by atoms with Crippen molar-refractivity contribution in [2.75, 3.05) is 40.3 Å². The van der Waals surface area contributed by atoms with Crippen LogP contribution in [0.3, 0.4) is 0 Å². The topological polar surface area (TPSA) is 32.5 Å². The number of nitrogens with zero attached hydrogens (tertiary/aromatic N) is 2. The summed E-state index contributed by atoms with van der Waals surface area (Å²) in [5.41, 5.74) is 8.53. The summed E-state index contributed by atoms with van der Waals surface area (Å²) in [6.45, 7) is 7.40. The number of nitrogens with two attached hydrogens (primary N) is 1. The molecule has 3 heteroatoms. The molecule has 0 fully saturated rings. The fraction of sp³-hybridized carbons (Fsp3) is 0.625. The molecule has 0 heterocycles. The first kappa shape index (κ1) is 16.2. The number of likely N-dealkylation sites (N-methyl/N-ethyl adjacent to an activating group) is 1. The van der Waals surface area contributed by atoms with Crippen LogP contribution in [0.25, 0.3) is 0 Å². The van der Waals surface area contributed by atoms with Gasteiger partial charge in [0.2, 0.25) is 0 Å². The zero-order valence-corrected chi connectivity index (χ0v) is 12.7. The summed E-state index contributed by atoms with van der Waals surface area (Å²) >= 11 is 0. The van der Waals surface area contributed by atoms with Crippen LogP contribution in [-0.2, 0) is 13.0 Å². The van der Waals surface area contributed by atoms with Crippen molar-refractivity contribution in [3.8, 4) is 0 Å². The third kappa shape index (κ3) is 6.19. The molecule has 3 nitrogen and oxygen atoms in total. The molecule has 0 aromatic heterocycles. The van der Waals surface area contributed by atoms with Crippen molar-refractivity contribution in [3.05, 3.63) is 35.4 Å². The molecule has 0 amide bonds. The Hall–Kier alpha value is -0.900. The highest BCUT2D eigenvalue weighted by atomic mass is 15.2. The van der Waals surface area contributed by atoms with Gasteiger partial charge < -0.3 is 10.6 Å². The molecule has 19 heavy (non-hydrogen) atoms. The summed E-state index contributed by atoms with van der Waals surface area (Å²) in [4.78, 5) is 4.78. The van der Waals surface area contributed by atoms with E-state index in [9.17, 15) is 0 Å². The van der Waals surface area contributed by atoms with Gasteiger partial charge in [-0.3, -0.25) is 4.90 Å². The van der Waals surface area contributed by atoms with Crippen molar-refractivity contribution in [1.29, 1.82) is 0 Å². The van der Waals surface area contributed by atoms with Crippen molar-refractivity contribution in [3.63, 3.8) is 0 Å². The van der Waals surface area contributed by atoms with Crippen LogP contribution in [-0.4, -0.2) is 50.1 Å². The van der Waals surface area contributed by atoms with Gasteiger partial charge in [0.05, 0.1) is 0 Å². The molecule has 0 aliphatic heterocycles. The standard InChI is InChI=1S/C16H29N3/c1-4-11-19(13-12-18(2)3)14-16-8-6-5-7-15(16)9-10-17/h5-8H,4,9-14,17H2,1-3H3. The number of hydrogen-bond donors (Lipinski definition) is 1. The average molecular weight is 263 g/mol. The Bertz CT molecular complexity index is 350. The zero-order valence-electron chi connectivity index (χ0n) is 12.7. The quantitative estimate of drug-likeness (QED) is 0.739. The van der Waals surface area contributed by atoms with E-state index in [1.807, 2.05) is 0 Å². The molecule has 2 N–H and O–H groups in total. The molecule has 0 aliphatic rings. The maximum atomic E-state index is 5.70. The van der Waals surface area contributed by atoms with Gasteiger partial charge >= 0.3 is 0 Å². The fourth-order valence-corrected chi connectivity index (χ4v) is 2.28. The van der Waals surface area contributed by atoms with Crippen molar-refractivity contribution in [2.24, 2.45) is 5.73 Å². The normalized spacial score (nSPS) is 11.5. The summed E-state index contributed by atoms with van der Waals surface area (Å²) in [5, 5.41) is 0. The Morgan fingerprint density at radius 3 is 2.26 bits per heavy atom. The predicted molar refractivity (Wildman–Crippen MR) is 83.3 cm³/mol. The smallest absolute Gasteiger partial charge is 0.0237 e. The SMILES string of the molecule is CCCN(CCN(C)C)Cc1ccccc1CCN. The highest BCUT2D eigenvalue weighted by molar-refractivity contribution is 5.27. The minimum atomic E-state index is 0.725. The maximum absolute atomic E-state index is 5.70. The Kier molecular flexibility index (Phi) is 7.72. The monoisotopic (exact) mass is 263 g/mol. The zero-order chi connectivity index (χ0) is 14.1. The van der Waals surface area contributed by atoms with Crippen LogP contribution in [0.15, 0.2) is 24.3 Å². The van der Waals surface area contributed by atoms with Gasteiger partial charge in [0.15, 0.2) is 0 Å². The summed E-state index contributed by atoms with van der Waals surface area (Å²) in [5.74, 6) is 0. The van der Waals surface area contributed by atoms with Crippen molar-refractivity contribution in [1.82, 2.24) is 9.80 Å². The van der Waals surface area contributed by atoms with E-state index in [1.165, 1.54) is 17.5 Å². The molecule has 0 unspecified atom stereocenters. The van der Waals surface area contributed by atoms with Crippen LogP contribution in [0.1, 0.15) is 24.5 Å². The van der Waals surface area contributed by atoms with Crippen LogP contribution in [0, 0.1) is 0 Å². The third-order valence-corrected chi connectivity index (χ3v) is 3.33. The van der Waals surface area contributed by atoms with E-state index in [2.05, 4.69) is 55.1 Å². The van der Waals surface area contributed by atoms with Crippen molar-refractivity contribution >= 4 is 0 Å². The fourth-order valence-electron chi connectivity index (χ4n) is 2.28. The predicted octanol–water partition coefficient (Wildman–Crippen LogP) is 1.96. The van der Waals surface area contributed by atoms with Crippen LogP contribution >= 0.6 is 0 Å². The number of benzene rings is 1. The second-order valence-corrected chi connectivity index (χ2v) is 5.39. The maximum Gasteiger partial charge on any atom is 0.0237 e. The molecule has 108 valence electrons. The van der Waals surface area contributed by atoms with Crippen LogP contribution in [0.5, 0.6) is 0 Å². The van der Waals surface area contributed by atoms with Crippen LogP contribution < -0.4 is 5.73 Å². The summed E-state index contributed by atoms with van der Waals surface area (Å²) in [6.07, 6.45) is 2.18. The molecule has 0 saturated heterocycles. The van der Waals surface area contributed by atoms with Gasteiger partial charge in [0, 0.05) is 19.6 Å². The van der Waals surface area contributed by atoms with Crippen molar-refractivity contribution < 1.29 is 0 Å². The minimum absolute atomic E-state index is 0.725. The molecule has 0 aliphatic carbocycles. The Balaban J connectivity index is 2.66. The Morgan fingerprint density at radius 1 is 1.00 bits per heavy atom. The first-order valence-corrected chi connectivity index (χ1v) is 7.31. The lowest BCUT2D eigenvalue weighted by Crippen LogP contribution is -2.32. The van der Waals surface area contributed by atoms with E-state index in [1.54, 1.807) is 0 Å². The molecule has 0 spiro atoms. The molecule has 1 aromatic carbocycles. The van der Waals surface area contributed by atoms with Gasteiger partial charge in [-0.15, -0.1) is 0 Å². The molecule has 0 atom stereocenters. The molecule has 0 bridgehead atoms. The number of rotatable bonds is 9. The molecule has 0 saturated carbocycles. The molecule has 1 aromatic rings. The lowest BCUT2D eigenvalue weighted by molar-refractivity contribution is 0.233. The Morgan fingerprint density at radius 2 is 1.68 bits per heavy atom. The summed E-state index contributed by atoms with van der Waals surface area (Å²) in [7, 11) is 4.26. The van der Waals surface area contributed by atoms with E-state index in [4.69, 9.17) is 5.73 Å². The third-order valence-electron chi connectivity index (χ3n) is 3.33. The van der Waals surface area contributed by atoms with Gasteiger partial charge in [0.1, 0.15) is 0 Å². The largest absolute Gasteiger partial charge is 0.330 e. The second kappa shape index (κ2) is 9.08. The lowest BCUT2D eigenvalue weighted by atomic mass is 10.0. The van der Waals surface area contributed by atoms with Gasteiger partial charge in [-0.1, -0.05) is 31.2 Å². The van der Waals surface area contributed by atoms with Gasteiger partial charge in [-0.05, 0) is 51.2 Å².